The molecule has 0 N–H and O–H groups in total. The number of amides is 1. The largest absolute Gasteiger partial charge is 0.484 e. The maximum absolute atomic E-state index is 12.4. The standard InChI is InChI=1S/C21H29N5O2/c1-4-24(5-2)19-10-11-20(23-22-19)25-12-14-26(15-13-25)21(27)16-28-18-8-6-17(3)7-9-18/h6-11H,4-5,12-16H2,1-3H3. The van der Waals surface area contributed by atoms with Crippen molar-refractivity contribution in [1.29, 1.82) is 0 Å². The van der Waals surface area contributed by atoms with Gasteiger partial charge in [0.1, 0.15) is 5.75 Å². The molecule has 7 nitrogen and oxygen atoms in total. The summed E-state index contributed by atoms with van der Waals surface area (Å²) in [5, 5.41) is 8.73. The number of anilines is 2. The van der Waals surface area contributed by atoms with E-state index in [4.69, 9.17) is 4.74 Å². The van der Waals surface area contributed by atoms with E-state index in [2.05, 4.69) is 33.8 Å². The van der Waals surface area contributed by atoms with Crippen molar-refractivity contribution in [2.24, 2.45) is 0 Å². The molecule has 0 atom stereocenters. The topological polar surface area (TPSA) is 61.8 Å². The van der Waals surface area contributed by atoms with Crippen LogP contribution in [0.3, 0.4) is 0 Å². The molecule has 3 rings (SSSR count). The second-order valence-electron chi connectivity index (χ2n) is 6.89. The molecule has 0 saturated carbocycles. The number of carbonyl (C=O) groups is 1. The summed E-state index contributed by atoms with van der Waals surface area (Å²) in [6.07, 6.45) is 0. The molecule has 150 valence electrons. The van der Waals surface area contributed by atoms with Gasteiger partial charge in [-0.25, -0.2) is 0 Å². The molecule has 0 bridgehead atoms. The number of piperazine rings is 1. The van der Waals surface area contributed by atoms with Gasteiger partial charge in [-0.15, -0.1) is 10.2 Å². The van der Waals surface area contributed by atoms with Crippen molar-refractivity contribution in [1.82, 2.24) is 15.1 Å². The monoisotopic (exact) mass is 383 g/mol. The van der Waals surface area contributed by atoms with Gasteiger partial charge in [-0.05, 0) is 45.0 Å². The Bertz CT molecular complexity index is 751. The normalized spacial score (nSPS) is 14.1. The molecule has 2 heterocycles. The van der Waals surface area contributed by atoms with Gasteiger partial charge in [0.2, 0.25) is 0 Å². The summed E-state index contributed by atoms with van der Waals surface area (Å²) in [6, 6.07) is 11.8. The number of aryl methyl sites for hydroxylation is 1. The highest BCUT2D eigenvalue weighted by atomic mass is 16.5. The smallest absolute Gasteiger partial charge is 0.260 e. The van der Waals surface area contributed by atoms with E-state index in [0.717, 1.165) is 43.6 Å². The maximum atomic E-state index is 12.4. The minimum atomic E-state index is 0.0168. The van der Waals surface area contributed by atoms with Crippen molar-refractivity contribution in [3.8, 4) is 5.75 Å². The Labute approximate surface area is 166 Å². The van der Waals surface area contributed by atoms with Crippen LogP contribution < -0.4 is 14.5 Å². The van der Waals surface area contributed by atoms with Gasteiger partial charge in [0.15, 0.2) is 18.2 Å². The average Bonchev–Trinajstić information content (AvgIpc) is 2.75. The predicted octanol–water partition coefficient (Wildman–Crippen LogP) is 2.36. The van der Waals surface area contributed by atoms with Crippen LogP contribution in [0, 0.1) is 6.92 Å². The molecule has 28 heavy (non-hydrogen) atoms. The van der Waals surface area contributed by atoms with E-state index in [0.29, 0.717) is 13.1 Å². The minimum Gasteiger partial charge on any atom is -0.484 e. The lowest BCUT2D eigenvalue weighted by Crippen LogP contribution is -2.50. The number of hydrogen-bond donors (Lipinski definition) is 0. The van der Waals surface area contributed by atoms with Gasteiger partial charge >= 0.3 is 0 Å². The van der Waals surface area contributed by atoms with Crippen LogP contribution in [0.5, 0.6) is 5.75 Å². The lowest BCUT2D eigenvalue weighted by atomic mass is 10.2. The SMILES string of the molecule is CCN(CC)c1ccc(N2CCN(C(=O)COc3ccc(C)cc3)CC2)nn1. The van der Waals surface area contributed by atoms with Crippen molar-refractivity contribution < 1.29 is 9.53 Å². The zero-order valence-electron chi connectivity index (χ0n) is 17.0. The highest BCUT2D eigenvalue weighted by Gasteiger charge is 2.22. The molecular formula is C21H29N5O2. The zero-order valence-corrected chi connectivity index (χ0v) is 17.0. The van der Waals surface area contributed by atoms with Gasteiger partial charge in [-0.3, -0.25) is 4.79 Å². The molecule has 1 aliphatic heterocycles. The van der Waals surface area contributed by atoms with Crippen molar-refractivity contribution in [3.63, 3.8) is 0 Å². The van der Waals surface area contributed by atoms with E-state index < -0.39 is 0 Å². The summed E-state index contributed by atoms with van der Waals surface area (Å²) in [7, 11) is 0. The summed E-state index contributed by atoms with van der Waals surface area (Å²) in [5.41, 5.74) is 1.17. The number of aromatic nitrogens is 2. The van der Waals surface area contributed by atoms with Gasteiger partial charge in [-0.1, -0.05) is 17.7 Å². The van der Waals surface area contributed by atoms with Crippen LogP contribution in [0.4, 0.5) is 11.6 Å². The third kappa shape index (κ3) is 4.91. The van der Waals surface area contributed by atoms with Crippen molar-refractivity contribution in [2.75, 3.05) is 55.7 Å². The molecule has 2 aromatic rings. The Balaban J connectivity index is 1.48. The van der Waals surface area contributed by atoms with Gasteiger partial charge in [0.25, 0.3) is 5.91 Å². The molecule has 0 spiro atoms. The number of ether oxygens (including phenoxy) is 1. The van der Waals surface area contributed by atoms with Gasteiger partial charge < -0.3 is 19.4 Å². The minimum absolute atomic E-state index is 0.0168. The summed E-state index contributed by atoms with van der Waals surface area (Å²) in [5.74, 6) is 2.50. The molecule has 1 fully saturated rings. The fourth-order valence-corrected chi connectivity index (χ4v) is 3.26. The number of benzene rings is 1. The number of nitrogens with zero attached hydrogens (tertiary/aromatic N) is 5. The first-order valence-electron chi connectivity index (χ1n) is 9.91. The van der Waals surface area contributed by atoms with Crippen molar-refractivity contribution in [2.45, 2.75) is 20.8 Å². The molecule has 7 heteroatoms. The molecular weight excluding hydrogens is 354 g/mol. The number of carbonyl (C=O) groups excluding carboxylic acids is 1. The van der Waals surface area contributed by atoms with Crippen LogP contribution in [-0.4, -0.2) is 66.9 Å². The lowest BCUT2D eigenvalue weighted by molar-refractivity contribution is -0.133. The molecule has 0 unspecified atom stereocenters. The van der Waals surface area contributed by atoms with Crippen molar-refractivity contribution in [3.05, 3.63) is 42.0 Å². The Morgan fingerprint density at radius 2 is 1.68 bits per heavy atom. The van der Waals surface area contributed by atoms with E-state index in [9.17, 15) is 4.79 Å². The van der Waals surface area contributed by atoms with Gasteiger partial charge in [0, 0.05) is 39.3 Å². The predicted molar refractivity (Wildman–Crippen MR) is 111 cm³/mol. The second kappa shape index (κ2) is 9.39. The number of hydrogen-bond acceptors (Lipinski definition) is 6. The lowest BCUT2D eigenvalue weighted by Gasteiger charge is -2.35. The van der Waals surface area contributed by atoms with E-state index >= 15 is 0 Å². The molecule has 1 saturated heterocycles. The first-order chi connectivity index (χ1) is 13.6. The quantitative estimate of drug-likeness (QED) is 0.731. The molecule has 1 aromatic carbocycles. The Morgan fingerprint density at radius 1 is 1.00 bits per heavy atom. The van der Waals surface area contributed by atoms with Crippen LogP contribution in [-0.2, 0) is 4.79 Å². The van der Waals surface area contributed by atoms with Gasteiger partial charge in [-0.2, -0.15) is 0 Å². The fraction of sp³-hybridized carbons (Fsp3) is 0.476. The maximum Gasteiger partial charge on any atom is 0.260 e. The third-order valence-corrected chi connectivity index (χ3v) is 5.06. The summed E-state index contributed by atoms with van der Waals surface area (Å²) in [6.45, 7) is 11.0. The highest BCUT2D eigenvalue weighted by molar-refractivity contribution is 5.78. The van der Waals surface area contributed by atoms with E-state index in [1.165, 1.54) is 5.56 Å². The second-order valence-corrected chi connectivity index (χ2v) is 6.89. The fourth-order valence-electron chi connectivity index (χ4n) is 3.26. The molecule has 0 aliphatic carbocycles. The first-order valence-corrected chi connectivity index (χ1v) is 9.91. The zero-order chi connectivity index (χ0) is 19.9. The summed E-state index contributed by atoms with van der Waals surface area (Å²) in [4.78, 5) is 18.6. The Hall–Kier alpha value is -2.83. The van der Waals surface area contributed by atoms with Crippen molar-refractivity contribution >= 4 is 17.5 Å². The number of rotatable bonds is 7. The summed E-state index contributed by atoms with van der Waals surface area (Å²) < 4.78 is 5.61. The highest BCUT2D eigenvalue weighted by Crippen LogP contribution is 2.17. The summed E-state index contributed by atoms with van der Waals surface area (Å²) >= 11 is 0. The van der Waals surface area contributed by atoms with Crippen LogP contribution in [0.1, 0.15) is 19.4 Å². The third-order valence-electron chi connectivity index (χ3n) is 5.06. The van der Waals surface area contributed by atoms with Crippen LogP contribution in [0.25, 0.3) is 0 Å². The van der Waals surface area contributed by atoms with Crippen LogP contribution in [0.15, 0.2) is 36.4 Å². The van der Waals surface area contributed by atoms with E-state index in [-0.39, 0.29) is 12.5 Å². The van der Waals surface area contributed by atoms with Crippen LogP contribution >= 0.6 is 0 Å². The van der Waals surface area contributed by atoms with E-state index in [1.54, 1.807) is 0 Å². The van der Waals surface area contributed by atoms with Gasteiger partial charge in [0.05, 0.1) is 0 Å². The molecule has 1 aromatic heterocycles. The first kappa shape index (κ1) is 19.9. The average molecular weight is 383 g/mol. The molecule has 1 amide bonds. The Morgan fingerprint density at radius 3 is 2.25 bits per heavy atom. The molecule has 0 radical (unpaired) electrons. The van der Waals surface area contributed by atoms with E-state index in [1.807, 2.05) is 48.2 Å². The Kier molecular flexibility index (Phi) is 6.68. The molecule has 1 aliphatic rings. The van der Waals surface area contributed by atoms with Crippen LogP contribution in [0.2, 0.25) is 0 Å².